The van der Waals surface area contributed by atoms with Gasteiger partial charge in [0.15, 0.2) is 0 Å². The summed E-state index contributed by atoms with van der Waals surface area (Å²) in [6.45, 7) is 4.38. The third-order valence-corrected chi connectivity index (χ3v) is 5.08. The van der Waals surface area contributed by atoms with Gasteiger partial charge in [-0.05, 0) is 18.2 Å². The fourth-order valence-corrected chi connectivity index (χ4v) is 3.40. The van der Waals surface area contributed by atoms with Crippen molar-refractivity contribution in [2.24, 2.45) is 0 Å². The number of epoxide rings is 1. The molecule has 1 heterocycles. The zero-order chi connectivity index (χ0) is 21.5. The molecule has 0 amide bonds. The average molecular weight is 428 g/mol. The van der Waals surface area contributed by atoms with Crippen LogP contribution in [0.5, 0.6) is 17.2 Å². The van der Waals surface area contributed by atoms with Crippen LogP contribution in [0.3, 0.4) is 0 Å². The van der Waals surface area contributed by atoms with Crippen molar-refractivity contribution < 1.29 is 33.5 Å². The highest BCUT2D eigenvalue weighted by Gasteiger charge is 2.22. The fourth-order valence-electron chi connectivity index (χ4n) is 3.40. The zero-order valence-electron chi connectivity index (χ0n) is 17.7. The lowest BCUT2D eigenvalue weighted by Gasteiger charge is -2.15. The molecule has 1 aliphatic rings. The Morgan fingerprint density at radius 1 is 0.839 bits per heavy atom. The van der Waals surface area contributed by atoms with Gasteiger partial charge in [-0.25, -0.2) is 0 Å². The molecule has 1 fully saturated rings. The Hall–Kier alpha value is -2.58. The van der Waals surface area contributed by atoms with Gasteiger partial charge in [0.05, 0.1) is 53.4 Å². The van der Waals surface area contributed by atoms with Crippen molar-refractivity contribution in [3.63, 3.8) is 0 Å². The maximum absolute atomic E-state index is 10.8. The first-order valence-corrected chi connectivity index (χ1v) is 10.5. The predicted molar refractivity (Wildman–Crippen MR) is 117 cm³/mol. The first-order chi connectivity index (χ1) is 15.3. The predicted octanol–water partition coefficient (Wildman–Crippen LogP) is 3.53. The number of fused-ring (bicyclic) bond motifs is 2. The quantitative estimate of drug-likeness (QED) is 0.253. The summed E-state index contributed by atoms with van der Waals surface area (Å²) in [4.78, 5) is 0. The highest BCUT2D eigenvalue weighted by Crippen LogP contribution is 2.43. The van der Waals surface area contributed by atoms with Crippen LogP contribution in [0, 0.1) is 0 Å². The number of methoxy groups -OCH3 is 1. The molecule has 0 aliphatic carbocycles. The third-order valence-electron chi connectivity index (χ3n) is 5.08. The van der Waals surface area contributed by atoms with Gasteiger partial charge in [0.1, 0.15) is 30.0 Å². The van der Waals surface area contributed by atoms with Crippen molar-refractivity contribution >= 4 is 21.5 Å². The van der Waals surface area contributed by atoms with E-state index in [4.69, 9.17) is 28.4 Å². The molecule has 1 saturated heterocycles. The molecule has 7 nitrogen and oxygen atoms in total. The number of hydrogen-bond acceptors (Lipinski definition) is 7. The van der Waals surface area contributed by atoms with Gasteiger partial charge in [-0.2, -0.15) is 0 Å². The van der Waals surface area contributed by atoms with E-state index in [0.29, 0.717) is 57.4 Å². The Labute approximate surface area is 181 Å². The van der Waals surface area contributed by atoms with Crippen LogP contribution in [0.1, 0.15) is 0 Å². The topological polar surface area (TPSA) is 78.9 Å². The summed E-state index contributed by atoms with van der Waals surface area (Å²) < 4.78 is 33.0. The molecule has 31 heavy (non-hydrogen) atoms. The van der Waals surface area contributed by atoms with E-state index in [9.17, 15) is 5.11 Å². The van der Waals surface area contributed by atoms with Gasteiger partial charge in [-0.3, -0.25) is 0 Å². The third kappa shape index (κ3) is 5.57. The van der Waals surface area contributed by atoms with E-state index >= 15 is 0 Å². The number of phenolic OH excluding ortho intramolecular Hbond substituents is 1. The molecule has 0 saturated carbocycles. The zero-order valence-corrected chi connectivity index (χ0v) is 17.7. The van der Waals surface area contributed by atoms with E-state index in [0.717, 1.165) is 28.5 Å². The van der Waals surface area contributed by atoms with E-state index in [2.05, 4.69) is 0 Å². The molecule has 1 aliphatic heterocycles. The molecule has 4 rings (SSSR count). The molecule has 0 radical (unpaired) electrons. The molecule has 1 atom stereocenters. The van der Waals surface area contributed by atoms with Crippen LogP contribution in [0.4, 0.5) is 0 Å². The minimum atomic E-state index is 0.221. The number of aromatic hydroxyl groups is 1. The van der Waals surface area contributed by atoms with Crippen molar-refractivity contribution in [1.29, 1.82) is 0 Å². The van der Waals surface area contributed by atoms with Gasteiger partial charge in [-0.15, -0.1) is 0 Å². The average Bonchev–Trinajstić information content (AvgIpc) is 3.63. The molecule has 166 valence electrons. The van der Waals surface area contributed by atoms with Crippen LogP contribution >= 0.6 is 0 Å². The number of ether oxygens (including phenoxy) is 6. The summed E-state index contributed by atoms with van der Waals surface area (Å²) in [6, 6.07) is 13.2. The van der Waals surface area contributed by atoms with E-state index < -0.39 is 0 Å². The molecule has 1 unspecified atom stereocenters. The number of benzene rings is 3. The smallest absolute Gasteiger partial charge is 0.135 e. The lowest BCUT2D eigenvalue weighted by molar-refractivity contribution is 0.00722. The Kier molecular flexibility index (Phi) is 7.43. The molecule has 0 spiro atoms. The van der Waals surface area contributed by atoms with E-state index in [1.165, 1.54) is 0 Å². The van der Waals surface area contributed by atoms with Gasteiger partial charge < -0.3 is 33.5 Å². The summed E-state index contributed by atoms with van der Waals surface area (Å²) in [5.74, 6) is 1.63. The maximum atomic E-state index is 10.8. The van der Waals surface area contributed by atoms with Crippen LogP contribution in [0.2, 0.25) is 0 Å². The largest absolute Gasteiger partial charge is 0.507 e. The summed E-state index contributed by atoms with van der Waals surface area (Å²) in [5, 5.41) is 13.9. The molecule has 7 heteroatoms. The number of rotatable bonds is 13. The van der Waals surface area contributed by atoms with Crippen LogP contribution in [-0.2, 0) is 18.9 Å². The van der Waals surface area contributed by atoms with Gasteiger partial charge in [0.25, 0.3) is 0 Å². The Bertz CT molecular complexity index is 1000. The maximum Gasteiger partial charge on any atom is 0.135 e. The SMILES string of the molecule is COc1ccc2c(OCCOCCOCCOCC3CO3)c3ccccc3c(O)c2c1. The fraction of sp³-hybridized carbons (Fsp3) is 0.417. The van der Waals surface area contributed by atoms with E-state index in [-0.39, 0.29) is 11.9 Å². The van der Waals surface area contributed by atoms with Crippen LogP contribution in [-0.4, -0.2) is 71.2 Å². The molecule has 3 aromatic carbocycles. The van der Waals surface area contributed by atoms with Crippen LogP contribution in [0.15, 0.2) is 42.5 Å². The van der Waals surface area contributed by atoms with Gasteiger partial charge in [-0.1, -0.05) is 24.3 Å². The van der Waals surface area contributed by atoms with E-state index in [1.807, 2.05) is 42.5 Å². The normalized spacial score (nSPS) is 15.5. The summed E-state index contributed by atoms with van der Waals surface area (Å²) in [6.07, 6.45) is 0.285. The van der Waals surface area contributed by atoms with Crippen molar-refractivity contribution in [1.82, 2.24) is 0 Å². The second-order valence-electron chi connectivity index (χ2n) is 7.24. The number of phenols is 1. The highest BCUT2D eigenvalue weighted by atomic mass is 16.6. The second-order valence-corrected chi connectivity index (χ2v) is 7.24. The minimum absolute atomic E-state index is 0.221. The number of hydrogen-bond donors (Lipinski definition) is 1. The lowest BCUT2D eigenvalue weighted by atomic mass is 10.0. The van der Waals surface area contributed by atoms with Gasteiger partial charge in [0.2, 0.25) is 0 Å². The molecular formula is C24H28O7. The van der Waals surface area contributed by atoms with Crippen molar-refractivity contribution in [2.75, 3.05) is 60.0 Å². The lowest BCUT2D eigenvalue weighted by Crippen LogP contribution is -2.13. The Morgan fingerprint density at radius 3 is 2.19 bits per heavy atom. The van der Waals surface area contributed by atoms with Gasteiger partial charge >= 0.3 is 0 Å². The van der Waals surface area contributed by atoms with E-state index in [1.54, 1.807) is 7.11 Å². The Morgan fingerprint density at radius 2 is 1.48 bits per heavy atom. The molecule has 1 N–H and O–H groups in total. The van der Waals surface area contributed by atoms with Crippen molar-refractivity contribution in [3.8, 4) is 17.2 Å². The first-order valence-electron chi connectivity index (χ1n) is 10.5. The minimum Gasteiger partial charge on any atom is -0.507 e. The second kappa shape index (κ2) is 10.6. The molecular weight excluding hydrogens is 400 g/mol. The first kappa shape index (κ1) is 21.6. The highest BCUT2D eigenvalue weighted by molar-refractivity contribution is 6.11. The van der Waals surface area contributed by atoms with Crippen molar-refractivity contribution in [3.05, 3.63) is 42.5 Å². The van der Waals surface area contributed by atoms with Crippen LogP contribution in [0.25, 0.3) is 21.5 Å². The van der Waals surface area contributed by atoms with Crippen molar-refractivity contribution in [2.45, 2.75) is 6.10 Å². The monoisotopic (exact) mass is 428 g/mol. The molecule has 0 aromatic heterocycles. The van der Waals surface area contributed by atoms with Crippen LogP contribution < -0.4 is 9.47 Å². The summed E-state index contributed by atoms with van der Waals surface area (Å²) in [5.41, 5.74) is 0. The Balaban J connectivity index is 1.29. The molecule has 3 aromatic rings. The summed E-state index contributed by atoms with van der Waals surface area (Å²) >= 11 is 0. The standard InChI is InChI=1S/C24H28O7/c1-26-17-6-7-21-22(14-17)23(25)19-4-2-3-5-20(19)24(21)30-13-12-28-9-8-27-10-11-29-15-18-16-31-18/h2-7,14,18,25H,8-13,15-16H2,1H3. The molecule has 0 bridgehead atoms. The summed E-state index contributed by atoms with van der Waals surface area (Å²) in [7, 11) is 1.61. The van der Waals surface area contributed by atoms with Gasteiger partial charge in [0, 0.05) is 21.5 Å².